The maximum Gasteiger partial charge on any atom is 0.193 e. The normalized spacial score (nSPS) is 10.0. The van der Waals surface area contributed by atoms with Crippen LogP contribution < -0.4 is 15.2 Å². The van der Waals surface area contributed by atoms with Crippen LogP contribution in [0.15, 0.2) is 42.5 Å². The number of hydrogen-bond acceptors (Lipinski definition) is 4. The molecule has 4 heteroatoms. The molecule has 98 valence electrons. The molecule has 4 nitrogen and oxygen atoms in total. The Bertz CT molecular complexity index is 569. The maximum atomic E-state index is 12.3. The van der Waals surface area contributed by atoms with Crippen molar-refractivity contribution in [1.29, 1.82) is 0 Å². The van der Waals surface area contributed by atoms with Crippen LogP contribution >= 0.6 is 0 Å². The van der Waals surface area contributed by atoms with E-state index in [-0.39, 0.29) is 5.78 Å². The zero-order valence-electron chi connectivity index (χ0n) is 10.8. The highest BCUT2D eigenvalue weighted by Gasteiger charge is 2.12. The average molecular weight is 257 g/mol. The second-order valence-electron chi connectivity index (χ2n) is 4.05. The van der Waals surface area contributed by atoms with Gasteiger partial charge in [-0.1, -0.05) is 0 Å². The highest BCUT2D eigenvalue weighted by molar-refractivity contribution is 6.09. The smallest absolute Gasteiger partial charge is 0.193 e. The summed E-state index contributed by atoms with van der Waals surface area (Å²) in [4.78, 5) is 12.3. The predicted molar refractivity (Wildman–Crippen MR) is 73.8 cm³/mol. The molecule has 0 saturated carbocycles. The van der Waals surface area contributed by atoms with Gasteiger partial charge in [0.2, 0.25) is 0 Å². The number of ketones is 1. The highest BCUT2D eigenvalue weighted by atomic mass is 16.5. The number of hydrogen-bond donors (Lipinski definition) is 1. The number of carbonyl (C=O) groups excluding carboxylic acids is 1. The summed E-state index contributed by atoms with van der Waals surface area (Å²) in [5.41, 5.74) is 7.32. The molecule has 0 fully saturated rings. The molecule has 0 aromatic heterocycles. The first-order valence-electron chi connectivity index (χ1n) is 5.77. The number of ether oxygens (including phenoxy) is 2. The van der Waals surface area contributed by atoms with E-state index >= 15 is 0 Å². The molecular formula is C15H15NO3. The summed E-state index contributed by atoms with van der Waals surface area (Å²) >= 11 is 0. The molecule has 0 bridgehead atoms. The van der Waals surface area contributed by atoms with Crippen LogP contribution in [0.3, 0.4) is 0 Å². The fourth-order valence-corrected chi connectivity index (χ4v) is 1.74. The molecule has 2 N–H and O–H groups in total. The minimum atomic E-state index is -0.0998. The molecule has 0 spiro atoms. The Labute approximate surface area is 111 Å². The Morgan fingerprint density at radius 1 is 0.895 bits per heavy atom. The van der Waals surface area contributed by atoms with Crippen LogP contribution in [0.4, 0.5) is 5.69 Å². The molecule has 2 aromatic rings. The largest absolute Gasteiger partial charge is 0.497 e. The van der Waals surface area contributed by atoms with Crippen molar-refractivity contribution >= 4 is 11.5 Å². The van der Waals surface area contributed by atoms with Gasteiger partial charge in [-0.25, -0.2) is 0 Å². The van der Waals surface area contributed by atoms with E-state index < -0.39 is 0 Å². The summed E-state index contributed by atoms with van der Waals surface area (Å²) < 4.78 is 10.3. The third kappa shape index (κ3) is 2.85. The molecule has 2 rings (SSSR count). The van der Waals surface area contributed by atoms with E-state index in [2.05, 4.69) is 0 Å². The minimum Gasteiger partial charge on any atom is -0.497 e. The Morgan fingerprint density at radius 2 is 1.42 bits per heavy atom. The van der Waals surface area contributed by atoms with E-state index in [1.54, 1.807) is 56.7 Å². The molecule has 0 amide bonds. The van der Waals surface area contributed by atoms with Crippen LogP contribution in [0.2, 0.25) is 0 Å². The van der Waals surface area contributed by atoms with Gasteiger partial charge in [-0.2, -0.15) is 0 Å². The predicted octanol–water partition coefficient (Wildman–Crippen LogP) is 2.52. The van der Waals surface area contributed by atoms with Crippen molar-refractivity contribution < 1.29 is 14.3 Å². The molecule has 0 atom stereocenters. The standard InChI is InChI=1S/C15H15NO3/c1-18-13-7-11(8-14(9-13)19-2)15(17)10-3-5-12(16)6-4-10/h3-9H,16H2,1-2H3. The number of methoxy groups -OCH3 is 2. The van der Waals surface area contributed by atoms with E-state index in [0.29, 0.717) is 28.3 Å². The minimum absolute atomic E-state index is 0.0998. The molecule has 0 aliphatic rings. The lowest BCUT2D eigenvalue weighted by Gasteiger charge is -2.08. The fourth-order valence-electron chi connectivity index (χ4n) is 1.74. The summed E-state index contributed by atoms with van der Waals surface area (Å²) in [5, 5.41) is 0. The number of anilines is 1. The second-order valence-corrected chi connectivity index (χ2v) is 4.05. The lowest BCUT2D eigenvalue weighted by molar-refractivity contribution is 0.103. The topological polar surface area (TPSA) is 61.5 Å². The van der Waals surface area contributed by atoms with Crippen LogP contribution in [-0.4, -0.2) is 20.0 Å². The molecule has 19 heavy (non-hydrogen) atoms. The van der Waals surface area contributed by atoms with Crippen molar-refractivity contribution in [2.24, 2.45) is 0 Å². The van der Waals surface area contributed by atoms with Gasteiger partial charge in [0.25, 0.3) is 0 Å². The first kappa shape index (κ1) is 13.0. The lowest BCUT2D eigenvalue weighted by atomic mass is 10.0. The van der Waals surface area contributed by atoms with Crippen LogP contribution in [0.5, 0.6) is 11.5 Å². The quantitative estimate of drug-likeness (QED) is 0.675. The molecule has 0 radical (unpaired) electrons. The first-order chi connectivity index (χ1) is 9.13. The van der Waals surface area contributed by atoms with Gasteiger partial charge in [-0.3, -0.25) is 4.79 Å². The number of rotatable bonds is 4. The Morgan fingerprint density at radius 3 is 1.89 bits per heavy atom. The monoisotopic (exact) mass is 257 g/mol. The van der Waals surface area contributed by atoms with Gasteiger partial charge < -0.3 is 15.2 Å². The van der Waals surface area contributed by atoms with E-state index in [0.717, 1.165) is 0 Å². The van der Waals surface area contributed by atoms with Gasteiger partial charge >= 0.3 is 0 Å². The van der Waals surface area contributed by atoms with Gasteiger partial charge in [0.05, 0.1) is 14.2 Å². The second kappa shape index (κ2) is 5.44. The van der Waals surface area contributed by atoms with Gasteiger partial charge in [0.15, 0.2) is 5.78 Å². The van der Waals surface area contributed by atoms with Crippen LogP contribution in [-0.2, 0) is 0 Å². The zero-order valence-corrected chi connectivity index (χ0v) is 10.8. The SMILES string of the molecule is COc1cc(OC)cc(C(=O)c2ccc(N)cc2)c1. The van der Waals surface area contributed by atoms with Crippen molar-refractivity contribution in [3.63, 3.8) is 0 Å². The van der Waals surface area contributed by atoms with Gasteiger partial charge in [-0.05, 0) is 36.4 Å². The molecule has 0 saturated heterocycles. The summed E-state index contributed by atoms with van der Waals surface area (Å²) in [6.45, 7) is 0. The molecule has 0 unspecified atom stereocenters. The molecule has 0 aliphatic heterocycles. The summed E-state index contributed by atoms with van der Waals surface area (Å²) in [7, 11) is 3.10. The lowest BCUT2D eigenvalue weighted by Crippen LogP contribution is -2.02. The van der Waals surface area contributed by atoms with Gasteiger partial charge in [0, 0.05) is 22.9 Å². The van der Waals surface area contributed by atoms with Crippen molar-refractivity contribution in [1.82, 2.24) is 0 Å². The van der Waals surface area contributed by atoms with Crippen LogP contribution in [0.25, 0.3) is 0 Å². The molecule has 0 heterocycles. The molecule has 0 aliphatic carbocycles. The Balaban J connectivity index is 2.40. The summed E-state index contributed by atoms with van der Waals surface area (Å²) in [6.07, 6.45) is 0. The third-order valence-electron chi connectivity index (χ3n) is 2.79. The van der Waals surface area contributed by atoms with Crippen molar-refractivity contribution in [2.45, 2.75) is 0 Å². The Kier molecular flexibility index (Phi) is 3.71. The van der Waals surface area contributed by atoms with Crippen molar-refractivity contribution in [3.05, 3.63) is 53.6 Å². The third-order valence-corrected chi connectivity index (χ3v) is 2.79. The number of nitrogen functional groups attached to an aromatic ring is 1. The van der Waals surface area contributed by atoms with E-state index in [1.165, 1.54) is 0 Å². The summed E-state index contributed by atoms with van der Waals surface area (Å²) in [5.74, 6) is 1.06. The average Bonchev–Trinajstić information content (AvgIpc) is 2.46. The van der Waals surface area contributed by atoms with Crippen LogP contribution in [0.1, 0.15) is 15.9 Å². The van der Waals surface area contributed by atoms with E-state index in [9.17, 15) is 4.79 Å². The number of benzene rings is 2. The molecule has 2 aromatic carbocycles. The maximum absolute atomic E-state index is 12.3. The van der Waals surface area contributed by atoms with Crippen molar-refractivity contribution in [3.8, 4) is 11.5 Å². The summed E-state index contributed by atoms with van der Waals surface area (Å²) in [6, 6.07) is 11.9. The number of nitrogens with two attached hydrogens (primary N) is 1. The molecular weight excluding hydrogens is 242 g/mol. The number of carbonyl (C=O) groups is 1. The van der Waals surface area contributed by atoms with Crippen molar-refractivity contribution in [2.75, 3.05) is 20.0 Å². The fraction of sp³-hybridized carbons (Fsp3) is 0.133. The zero-order chi connectivity index (χ0) is 13.8. The van der Waals surface area contributed by atoms with E-state index in [4.69, 9.17) is 15.2 Å². The van der Waals surface area contributed by atoms with E-state index in [1.807, 2.05) is 0 Å². The first-order valence-corrected chi connectivity index (χ1v) is 5.77. The van der Waals surface area contributed by atoms with Crippen LogP contribution in [0, 0.1) is 0 Å². The van der Waals surface area contributed by atoms with Gasteiger partial charge in [0.1, 0.15) is 11.5 Å². The highest BCUT2D eigenvalue weighted by Crippen LogP contribution is 2.24. The van der Waals surface area contributed by atoms with Gasteiger partial charge in [-0.15, -0.1) is 0 Å². The Hall–Kier alpha value is -2.49.